The van der Waals surface area contributed by atoms with E-state index in [2.05, 4.69) is 71.5 Å². The maximum Gasteiger partial charge on any atom is 0.267 e. The van der Waals surface area contributed by atoms with E-state index in [4.69, 9.17) is 5.84 Å². The number of nitriles is 1. The van der Waals surface area contributed by atoms with Gasteiger partial charge < -0.3 is 9.73 Å². The second kappa shape index (κ2) is 9.82. The summed E-state index contributed by atoms with van der Waals surface area (Å²) in [6, 6.07) is 17.0. The van der Waals surface area contributed by atoms with Crippen LogP contribution < -0.4 is 15.6 Å². The number of hydrazine groups is 1. The summed E-state index contributed by atoms with van der Waals surface area (Å²) >= 11 is 0. The molecule has 1 unspecified atom stereocenters. The largest absolute Gasteiger partial charge is 0.324 e. The molecule has 1 heterocycles. The van der Waals surface area contributed by atoms with E-state index in [0.29, 0.717) is 10.9 Å². The van der Waals surface area contributed by atoms with Crippen LogP contribution in [0.2, 0.25) is 12.6 Å². The van der Waals surface area contributed by atoms with Crippen LogP contribution >= 0.6 is 10.7 Å². The molecular formula is C23H29BN4S. The van der Waals surface area contributed by atoms with Gasteiger partial charge in [0.2, 0.25) is 0 Å². The average Bonchev–Trinajstić information content (AvgIpc) is 2.77. The zero-order chi connectivity index (χ0) is 20.8. The van der Waals surface area contributed by atoms with Crippen molar-refractivity contribution in [3.05, 3.63) is 71.8 Å². The monoisotopic (exact) mass is 404 g/mol. The number of anilines is 1. The van der Waals surface area contributed by atoms with E-state index < -0.39 is 0 Å². The molecule has 150 valence electrons. The van der Waals surface area contributed by atoms with Gasteiger partial charge in [-0.2, -0.15) is 0 Å². The van der Waals surface area contributed by atoms with Gasteiger partial charge >= 0.3 is 0 Å². The minimum Gasteiger partial charge on any atom is -0.324 e. The summed E-state index contributed by atoms with van der Waals surface area (Å²) in [7, 11) is -0.163. The summed E-state index contributed by atoms with van der Waals surface area (Å²) in [5, 5.41) is 9.74. The fourth-order valence-electron chi connectivity index (χ4n) is 3.80. The molecule has 1 saturated heterocycles. The highest BCUT2D eigenvalue weighted by Gasteiger charge is 2.28. The van der Waals surface area contributed by atoms with Gasteiger partial charge in [0.1, 0.15) is 0 Å². The number of nitrogens with one attached hydrogen (secondary N) is 1. The third-order valence-electron chi connectivity index (χ3n) is 5.62. The molecule has 0 aliphatic carbocycles. The summed E-state index contributed by atoms with van der Waals surface area (Å²) in [6.07, 6.45) is 4.14. The standard InChI is InChI=1S/C23H29BN4S/c1-18-5-4-6-22(15-18)28(29(3)23-11-13-24(17-25)14-12-23)16-20-7-9-21(10-8-20)19(2)27-26/h4-10,15,23,27H,2-3,11-14,16,26H2,1H3. The lowest BCUT2D eigenvalue weighted by molar-refractivity contribution is 0.743. The van der Waals surface area contributed by atoms with Crippen LogP contribution in [0.4, 0.5) is 5.69 Å². The summed E-state index contributed by atoms with van der Waals surface area (Å²) in [4.78, 5) is 0. The van der Waals surface area contributed by atoms with Crippen molar-refractivity contribution >= 4 is 34.6 Å². The maximum atomic E-state index is 9.22. The molecule has 0 aromatic heterocycles. The number of benzene rings is 2. The molecule has 0 bridgehead atoms. The lowest BCUT2D eigenvalue weighted by Crippen LogP contribution is -2.28. The Morgan fingerprint density at radius 2 is 1.97 bits per heavy atom. The van der Waals surface area contributed by atoms with Gasteiger partial charge in [-0.3, -0.25) is 5.84 Å². The zero-order valence-electron chi connectivity index (χ0n) is 17.1. The number of rotatable bonds is 7. The Morgan fingerprint density at radius 1 is 1.28 bits per heavy atom. The van der Waals surface area contributed by atoms with E-state index in [1.54, 1.807) is 0 Å². The Labute approximate surface area is 177 Å². The molecule has 1 aliphatic rings. The highest BCUT2D eigenvalue weighted by molar-refractivity contribution is 8.15. The van der Waals surface area contributed by atoms with Crippen LogP contribution in [0.25, 0.3) is 5.70 Å². The van der Waals surface area contributed by atoms with Crippen molar-refractivity contribution in [3.8, 4) is 5.97 Å². The fourth-order valence-corrected chi connectivity index (χ4v) is 5.67. The van der Waals surface area contributed by atoms with Crippen LogP contribution in [-0.4, -0.2) is 17.8 Å². The summed E-state index contributed by atoms with van der Waals surface area (Å²) < 4.78 is 2.44. The smallest absolute Gasteiger partial charge is 0.267 e. The highest BCUT2D eigenvalue weighted by atomic mass is 32.2. The number of nitrogens with two attached hydrogens (primary N) is 1. The van der Waals surface area contributed by atoms with Crippen molar-refractivity contribution < 1.29 is 0 Å². The molecule has 2 aromatic rings. The topological polar surface area (TPSA) is 65.1 Å². The molecule has 1 aliphatic heterocycles. The molecule has 0 saturated carbocycles. The first kappa shape index (κ1) is 21.2. The van der Waals surface area contributed by atoms with Gasteiger partial charge in [0.25, 0.3) is 6.71 Å². The number of hydrogen-bond donors (Lipinski definition) is 2. The first-order valence-electron chi connectivity index (χ1n) is 10.0. The maximum absolute atomic E-state index is 9.22. The van der Waals surface area contributed by atoms with Gasteiger partial charge in [-0.25, -0.2) is 5.26 Å². The van der Waals surface area contributed by atoms with Gasteiger partial charge in [0.15, 0.2) is 0 Å². The molecule has 1 fully saturated rings. The van der Waals surface area contributed by atoms with E-state index in [-0.39, 0.29) is 17.4 Å². The van der Waals surface area contributed by atoms with Gasteiger partial charge in [-0.1, -0.05) is 72.2 Å². The molecule has 29 heavy (non-hydrogen) atoms. The second-order valence-electron chi connectivity index (χ2n) is 7.70. The van der Waals surface area contributed by atoms with Crippen molar-refractivity contribution in [2.45, 2.75) is 44.2 Å². The number of aryl methyl sites for hydroxylation is 1. The van der Waals surface area contributed by atoms with Gasteiger partial charge in [0, 0.05) is 22.6 Å². The molecule has 0 spiro atoms. The summed E-state index contributed by atoms with van der Waals surface area (Å²) in [5.74, 6) is 12.5. The first-order valence-corrected chi connectivity index (χ1v) is 11.4. The third-order valence-corrected chi connectivity index (χ3v) is 7.76. The fraction of sp³-hybridized carbons (Fsp3) is 0.304. The lowest BCUT2D eigenvalue weighted by Gasteiger charge is -2.35. The van der Waals surface area contributed by atoms with Crippen molar-refractivity contribution in [1.82, 2.24) is 5.43 Å². The van der Waals surface area contributed by atoms with Crippen molar-refractivity contribution in [2.24, 2.45) is 5.84 Å². The van der Waals surface area contributed by atoms with Crippen LogP contribution in [0.1, 0.15) is 29.5 Å². The van der Waals surface area contributed by atoms with Crippen molar-refractivity contribution in [3.63, 3.8) is 0 Å². The van der Waals surface area contributed by atoms with Gasteiger partial charge in [-0.05, 0) is 48.6 Å². The predicted octanol–water partition coefficient (Wildman–Crippen LogP) is 4.77. The summed E-state index contributed by atoms with van der Waals surface area (Å²) in [6.45, 7) is 7.06. The van der Waals surface area contributed by atoms with Crippen molar-refractivity contribution in [2.75, 3.05) is 4.31 Å². The molecule has 0 amide bonds. The minimum atomic E-state index is -0.163. The van der Waals surface area contributed by atoms with Crippen LogP contribution in [0.15, 0.2) is 55.1 Å². The molecule has 6 heteroatoms. The summed E-state index contributed by atoms with van der Waals surface area (Å²) in [5.41, 5.74) is 7.99. The van der Waals surface area contributed by atoms with Crippen LogP contribution in [-0.2, 0) is 6.54 Å². The SMILES string of the molecule is C=C(NN)c1ccc(CN(c2cccc(C)c2)S(=C)C2CCB(C#N)CC2)cc1. The molecule has 4 nitrogen and oxygen atoms in total. The van der Waals surface area contributed by atoms with Crippen LogP contribution in [0, 0.1) is 18.2 Å². The lowest BCUT2D eigenvalue weighted by atomic mass is 9.43. The molecule has 3 rings (SSSR count). The van der Waals surface area contributed by atoms with E-state index in [1.165, 1.54) is 16.8 Å². The normalized spacial score (nSPS) is 15.4. The highest BCUT2D eigenvalue weighted by Crippen LogP contribution is 2.39. The minimum absolute atomic E-state index is 0.163. The van der Waals surface area contributed by atoms with Crippen molar-refractivity contribution in [1.29, 1.82) is 5.26 Å². The second-order valence-corrected chi connectivity index (χ2v) is 9.61. The molecular weight excluding hydrogens is 375 g/mol. The Morgan fingerprint density at radius 3 is 2.55 bits per heavy atom. The Balaban J connectivity index is 1.83. The Bertz CT molecular complexity index is 911. The molecule has 0 radical (unpaired) electrons. The predicted molar refractivity (Wildman–Crippen MR) is 129 cm³/mol. The Kier molecular flexibility index (Phi) is 7.19. The third kappa shape index (κ3) is 5.32. The number of hydrogen-bond acceptors (Lipinski definition) is 4. The Hall–Kier alpha value is -2.49. The quantitative estimate of drug-likeness (QED) is 0.302. The molecule has 2 aromatic carbocycles. The van der Waals surface area contributed by atoms with E-state index >= 15 is 0 Å². The van der Waals surface area contributed by atoms with E-state index in [0.717, 1.165) is 37.6 Å². The molecule has 3 N–H and O–H groups in total. The molecule has 1 atom stereocenters. The first-order chi connectivity index (χ1) is 14.0. The van der Waals surface area contributed by atoms with Gasteiger partial charge in [-0.15, -0.1) is 0 Å². The van der Waals surface area contributed by atoms with Gasteiger partial charge in [0.05, 0.1) is 6.54 Å². The average molecular weight is 404 g/mol. The van der Waals surface area contributed by atoms with E-state index in [9.17, 15) is 5.26 Å². The zero-order valence-corrected chi connectivity index (χ0v) is 17.9. The van der Waals surface area contributed by atoms with Crippen LogP contribution in [0.3, 0.4) is 0 Å². The van der Waals surface area contributed by atoms with Crippen LogP contribution in [0.5, 0.6) is 0 Å². The van der Waals surface area contributed by atoms with E-state index in [1.807, 2.05) is 12.1 Å². The number of nitrogens with zero attached hydrogens (tertiary/aromatic N) is 2.